The number of carboxylic acids is 2. The summed E-state index contributed by atoms with van der Waals surface area (Å²) in [6, 6.07) is -1.21. The van der Waals surface area contributed by atoms with E-state index >= 15 is 0 Å². The number of fused-ring (bicyclic) bond motifs is 2. The highest BCUT2D eigenvalue weighted by atomic mass is 32.2. The molecule has 20 heteroatoms. The second-order valence-corrected chi connectivity index (χ2v) is 12.9. The summed E-state index contributed by atoms with van der Waals surface area (Å²) in [4.78, 5) is 52.9. The third-order valence-corrected chi connectivity index (χ3v) is 10.8. The van der Waals surface area contributed by atoms with Crippen LogP contribution in [0.4, 0.5) is 0 Å². The zero-order valence-corrected chi connectivity index (χ0v) is 24.4. The number of nitrogens with one attached hydrogen (secondary N) is 1. The average Bonchev–Trinajstić information content (AvgIpc) is 3.64. The van der Waals surface area contributed by atoms with Gasteiger partial charge in [0.1, 0.15) is 40.6 Å². The second-order valence-electron chi connectivity index (χ2n) is 8.84. The lowest BCUT2D eigenvalue weighted by Crippen LogP contribution is -2.68. The second kappa shape index (κ2) is 12.1. The standard InChI is InChI=1S/C11H12N4O4S2.C10H11N5O3S2/c1-4-13-14-11(19-4)21-3-5-2-20-9-6(12)8(16)15(9)7(5)10(17)18;11-5-7(16)15-6(9(17)18)4(1-19-8(5)15)2-20-10-12-3-13-14-10/h6,9H,2-3,12H2,1H3,(H,17,18);3,5,8H,1-2,11H2,(H,17,18)(H,12,13,14)/t6?,9-;5?,8-/m11/s1. The maximum atomic E-state index is 11.8. The molecule has 2 fully saturated rings. The molecule has 7 N–H and O–H groups in total. The largest absolute Gasteiger partial charge is 0.477 e. The molecular weight excluding hydrogens is 619 g/mol. The number of amides is 2. The Labute approximate surface area is 248 Å². The highest BCUT2D eigenvalue weighted by Crippen LogP contribution is 2.41. The minimum absolute atomic E-state index is 0.0363. The van der Waals surface area contributed by atoms with Gasteiger partial charge in [-0.25, -0.2) is 14.6 Å². The topological polar surface area (TPSA) is 248 Å². The Balaban J connectivity index is 0.000000165. The highest BCUT2D eigenvalue weighted by Gasteiger charge is 2.52. The number of carbonyl (C=O) groups excluding carboxylic acids is 2. The van der Waals surface area contributed by atoms with E-state index in [4.69, 9.17) is 15.9 Å². The van der Waals surface area contributed by atoms with Crippen LogP contribution in [0.15, 0.2) is 43.7 Å². The fourth-order valence-corrected chi connectivity index (χ4v) is 8.73. The van der Waals surface area contributed by atoms with Gasteiger partial charge in [-0.15, -0.1) is 33.7 Å². The van der Waals surface area contributed by atoms with Crippen molar-refractivity contribution >= 4 is 70.8 Å². The van der Waals surface area contributed by atoms with Gasteiger partial charge in [0.15, 0.2) is 5.16 Å². The molecule has 2 saturated heterocycles. The van der Waals surface area contributed by atoms with Crippen LogP contribution in [0, 0.1) is 6.92 Å². The Morgan fingerprint density at radius 3 is 1.98 bits per heavy atom. The number of hydrogen-bond acceptors (Lipinski definition) is 15. The van der Waals surface area contributed by atoms with Gasteiger partial charge in [-0.2, -0.15) is 5.10 Å². The third kappa shape index (κ3) is 5.71. The number of nitrogens with zero attached hydrogens (tertiary/aromatic N) is 6. The average molecular weight is 642 g/mol. The Bertz CT molecular complexity index is 1450. The third-order valence-electron chi connectivity index (χ3n) is 6.24. The Hall–Kier alpha value is -3.04. The summed E-state index contributed by atoms with van der Waals surface area (Å²) in [5.41, 5.74) is 12.8. The van der Waals surface area contributed by atoms with Crippen molar-refractivity contribution in [3.63, 3.8) is 0 Å². The number of aromatic amines is 1. The highest BCUT2D eigenvalue weighted by molar-refractivity contribution is 8.01. The summed E-state index contributed by atoms with van der Waals surface area (Å²) >= 11 is 5.57. The van der Waals surface area contributed by atoms with Crippen LogP contribution >= 0.6 is 47.0 Å². The molecule has 218 valence electrons. The summed E-state index contributed by atoms with van der Waals surface area (Å²) in [5, 5.41) is 33.1. The first kappa shape index (κ1) is 29.5. The molecule has 0 aliphatic carbocycles. The molecule has 0 aromatic carbocycles. The summed E-state index contributed by atoms with van der Waals surface area (Å²) in [6.07, 6.45) is 1.39. The molecule has 0 radical (unpaired) electrons. The molecule has 6 heterocycles. The Kier molecular flexibility index (Phi) is 8.66. The number of hydrogen-bond donors (Lipinski definition) is 5. The van der Waals surface area contributed by atoms with Crippen molar-refractivity contribution in [2.75, 3.05) is 23.0 Å². The van der Waals surface area contributed by atoms with E-state index in [0.29, 0.717) is 50.4 Å². The summed E-state index contributed by atoms with van der Waals surface area (Å²) in [7, 11) is 0. The van der Waals surface area contributed by atoms with Crippen molar-refractivity contribution in [1.29, 1.82) is 0 Å². The van der Waals surface area contributed by atoms with Gasteiger partial charge in [-0.3, -0.25) is 24.5 Å². The first-order valence-electron chi connectivity index (χ1n) is 11.8. The summed E-state index contributed by atoms with van der Waals surface area (Å²) < 4.78 is 5.23. The SMILES string of the molecule is Cc1nnc(SCC2=C(C(=O)O)N3C(=O)C(N)[C@H]3SC2)o1.NC1C(=O)N2C(C(=O)O)=C(CSc3ncn[nH]3)CS[C@H]12. The maximum Gasteiger partial charge on any atom is 0.352 e. The number of β-lactam (4-membered cyclic amide) rings is 2. The van der Waals surface area contributed by atoms with Crippen molar-refractivity contribution < 1.29 is 33.8 Å². The fourth-order valence-electron chi connectivity index (χ4n) is 4.29. The van der Waals surface area contributed by atoms with Gasteiger partial charge in [-0.1, -0.05) is 23.5 Å². The minimum atomic E-state index is -1.11. The van der Waals surface area contributed by atoms with Crippen molar-refractivity contribution in [2.45, 2.75) is 40.1 Å². The molecule has 4 atom stereocenters. The maximum absolute atomic E-state index is 11.8. The van der Waals surface area contributed by atoms with Gasteiger partial charge in [0.25, 0.3) is 5.22 Å². The molecule has 2 unspecified atom stereocenters. The quantitative estimate of drug-likeness (QED) is 0.180. The predicted molar refractivity (Wildman–Crippen MR) is 148 cm³/mol. The monoisotopic (exact) mass is 641 g/mol. The Morgan fingerprint density at radius 2 is 1.54 bits per heavy atom. The van der Waals surface area contributed by atoms with E-state index in [1.807, 2.05) is 0 Å². The van der Waals surface area contributed by atoms with Crippen LogP contribution in [0.2, 0.25) is 0 Å². The number of nitrogens with two attached hydrogens (primary N) is 2. The summed E-state index contributed by atoms with van der Waals surface area (Å²) in [5.74, 6) is -0.553. The molecule has 0 saturated carbocycles. The van der Waals surface area contributed by atoms with Gasteiger partial charge < -0.3 is 26.1 Å². The molecule has 41 heavy (non-hydrogen) atoms. The molecule has 2 aromatic rings. The first-order valence-corrected chi connectivity index (χ1v) is 15.9. The minimum Gasteiger partial charge on any atom is -0.477 e. The lowest BCUT2D eigenvalue weighted by atomic mass is 10.0. The number of H-pyrrole nitrogens is 1. The number of rotatable bonds is 8. The van der Waals surface area contributed by atoms with Crippen molar-refractivity contribution in [3.8, 4) is 0 Å². The van der Waals surface area contributed by atoms with Crippen LogP contribution < -0.4 is 11.5 Å². The zero-order chi connectivity index (χ0) is 29.4. The lowest BCUT2D eigenvalue weighted by Gasteiger charge is -2.48. The van der Waals surface area contributed by atoms with Gasteiger partial charge >= 0.3 is 11.9 Å². The number of aryl methyl sites for hydroxylation is 1. The number of thioether (sulfide) groups is 4. The van der Waals surface area contributed by atoms with Crippen LogP contribution in [-0.2, 0) is 19.2 Å². The molecule has 0 spiro atoms. The van der Waals surface area contributed by atoms with E-state index in [2.05, 4.69) is 25.4 Å². The molecule has 2 amide bonds. The molecule has 6 rings (SSSR count). The fraction of sp³-hybridized carbons (Fsp3) is 0.429. The van der Waals surface area contributed by atoms with Crippen LogP contribution in [-0.4, -0.2) is 115 Å². The molecule has 16 nitrogen and oxygen atoms in total. The van der Waals surface area contributed by atoms with E-state index in [9.17, 15) is 29.4 Å². The molecule has 0 bridgehead atoms. The van der Waals surface area contributed by atoms with Gasteiger partial charge in [0, 0.05) is 29.9 Å². The number of carbonyl (C=O) groups is 4. The van der Waals surface area contributed by atoms with E-state index in [1.54, 1.807) is 6.92 Å². The van der Waals surface area contributed by atoms with Crippen LogP contribution in [0.3, 0.4) is 0 Å². The van der Waals surface area contributed by atoms with Crippen LogP contribution in [0.25, 0.3) is 0 Å². The zero-order valence-electron chi connectivity index (χ0n) is 21.1. The van der Waals surface area contributed by atoms with Crippen molar-refractivity contribution in [2.24, 2.45) is 11.5 Å². The number of aromatic nitrogens is 5. The van der Waals surface area contributed by atoms with Gasteiger partial charge in [0.2, 0.25) is 17.7 Å². The van der Waals surface area contributed by atoms with Crippen molar-refractivity contribution in [3.05, 3.63) is 34.8 Å². The number of carboxylic acid groups (broad SMARTS) is 2. The van der Waals surface area contributed by atoms with Gasteiger partial charge in [-0.05, 0) is 11.1 Å². The number of aliphatic carboxylic acids is 2. The van der Waals surface area contributed by atoms with E-state index in [1.165, 1.54) is 63.2 Å². The summed E-state index contributed by atoms with van der Waals surface area (Å²) in [6.45, 7) is 1.68. The molecular formula is C21H23N9O7S4. The van der Waals surface area contributed by atoms with Crippen LogP contribution in [0.1, 0.15) is 5.89 Å². The lowest BCUT2D eigenvalue weighted by molar-refractivity contribution is -0.147. The molecule has 2 aromatic heterocycles. The molecule has 4 aliphatic rings. The van der Waals surface area contributed by atoms with Crippen LogP contribution in [0.5, 0.6) is 0 Å². The Morgan fingerprint density at radius 1 is 1.00 bits per heavy atom. The predicted octanol–water partition coefficient (Wildman–Crippen LogP) is -0.471. The first-order chi connectivity index (χ1) is 19.6. The van der Waals surface area contributed by atoms with E-state index in [0.717, 1.165) is 0 Å². The normalized spacial score (nSPS) is 25.1. The van der Waals surface area contributed by atoms with Gasteiger partial charge in [0.05, 0.1) is 0 Å². The smallest absolute Gasteiger partial charge is 0.352 e. The van der Waals surface area contributed by atoms with E-state index in [-0.39, 0.29) is 34.0 Å². The van der Waals surface area contributed by atoms with E-state index < -0.39 is 24.0 Å². The molecule has 4 aliphatic heterocycles. The van der Waals surface area contributed by atoms with Crippen molar-refractivity contribution in [1.82, 2.24) is 35.2 Å².